The average Bonchev–Trinajstić information content (AvgIpc) is 3.10. The second-order valence-corrected chi connectivity index (χ2v) is 8.07. The van der Waals surface area contributed by atoms with Gasteiger partial charge in [-0.2, -0.15) is 9.40 Å². The molecule has 1 aromatic carbocycles. The van der Waals surface area contributed by atoms with E-state index in [1.807, 2.05) is 31.2 Å². The third-order valence-electron chi connectivity index (χ3n) is 4.22. The predicted molar refractivity (Wildman–Crippen MR) is 88.0 cm³/mol. The number of H-pyrrole nitrogens is 1. The lowest BCUT2D eigenvalue weighted by Gasteiger charge is -2.41. The average molecular weight is 351 g/mol. The molecule has 0 aliphatic carbocycles. The van der Waals surface area contributed by atoms with Gasteiger partial charge in [0.15, 0.2) is 0 Å². The summed E-state index contributed by atoms with van der Waals surface area (Å²) in [4.78, 5) is 0.117. The Morgan fingerprint density at radius 1 is 1.46 bits per heavy atom. The molecule has 0 amide bonds. The number of aliphatic hydroxyl groups excluding tert-OH is 1. The normalized spacial score (nSPS) is 22.6. The van der Waals surface area contributed by atoms with Gasteiger partial charge in [-0.15, -0.1) is 0 Å². The topological polar surface area (TPSA) is 95.5 Å². The maximum absolute atomic E-state index is 12.7. The van der Waals surface area contributed by atoms with E-state index in [-0.39, 0.29) is 31.2 Å². The van der Waals surface area contributed by atoms with Gasteiger partial charge in [-0.05, 0) is 12.5 Å². The summed E-state index contributed by atoms with van der Waals surface area (Å²) in [5.41, 5.74) is 1.17. The highest BCUT2D eigenvalue weighted by atomic mass is 32.2. The summed E-state index contributed by atoms with van der Waals surface area (Å²) < 4.78 is 32.6. The Morgan fingerprint density at radius 2 is 2.29 bits per heavy atom. The lowest BCUT2D eigenvalue weighted by Crippen LogP contribution is -2.56. The molecular weight excluding hydrogens is 330 g/mol. The molecule has 130 valence electrons. The number of ether oxygens (including phenoxy) is 1. The third kappa shape index (κ3) is 3.36. The number of morpholine rings is 1. The van der Waals surface area contributed by atoms with Crippen molar-refractivity contribution in [1.82, 2.24) is 14.5 Å². The summed E-state index contributed by atoms with van der Waals surface area (Å²) in [5, 5.41) is 16.1. The van der Waals surface area contributed by atoms with Crippen LogP contribution in [0.1, 0.15) is 11.1 Å². The number of aryl methyl sites for hydroxylation is 1. The van der Waals surface area contributed by atoms with Crippen molar-refractivity contribution in [3.05, 3.63) is 47.8 Å². The zero-order chi connectivity index (χ0) is 17.2. The Hall–Kier alpha value is -1.74. The molecule has 1 saturated heterocycles. The lowest BCUT2D eigenvalue weighted by atomic mass is 9.93. The highest BCUT2D eigenvalue weighted by Crippen LogP contribution is 2.27. The van der Waals surface area contributed by atoms with E-state index in [2.05, 4.69) is 10.2 Å². The summed E-state index contributed by atoms with van der Waals surface area (Å²) in [7, 11) is -3.65. The number of aliphatic hydroxyl groups is 1. The Bertz CT molecular complexity index is 791. The maximum atomic E-state index is 12.7. The largest absolute Gasteiger partial charge is 0.393 e. The first-order chi connectivity index (χ1) is 11.5. The molecule has 1 aliphatic rings. The molecule has 2 heterocycles. The van der Waals surface area contributed by atoms with E-state index in [1.165, 1.54) is 16.7 Å². The van der Waals surface area contributed by atoms with Crippen LogP contribution in [0.3, 0.4) is 0 Å². The van der Waals surface area contributed by atoms with Crippen molar-refractivity contribution < 1.29 is 18.3 Å². The van der Waals surface area contributed by atoms with Gasteiger partial charge in [-0.1, -0.05) is 29.8 Å². The SMILES string of the molecule is Cc1cccc(C[C@@]2(CO)CN(S(=O)(=O)c3cn[nH]c3)CCO2)c1. The number of rotatable bonds is 5. The number of hydrogen-bond acceptors (Lipinski definition) is 5. The molecule has 0 bridgehead atoms. The summed E-state index contributed by atoms with van der Waals surface area (Å²) in [6, 6.07) is 7.91. The van der Waals surface area contributed by atoms with E-state index < -0.39 is 15.6 Å². The summed E-state index contributed by atoms with van der Waals surface area (Å²) >= 11 is 0. The number of aromatic nitrogens is 2. The Labute approximate surface area is 141 Å². The van der Waals surface area contributed by atoms with Crippen molar-refractivity contribution in [1.29, 1.82) is 0 Å². The molecule has 2 N–H and O–H groups in total. The number of aromatic amines is 1. The molecule has 0 radical (unpaired) electrons. The zero-order valence-electron chi connectivity index (χ0n) is 13.5. The molecule has 2 aromatic rings. The van der Waals surface area contributed by atoms with Crippen LogP contribution >= 0.6 is 0 Å². The van der Waals surface area contributed by atoms with Crippen LogP contribution in [-0.4, -0.2) is 59.9 Å². The van der Waals surface area contributed by atoms with Crippen molar-refractivity contribution in [2.24, 2.45) is 0 Å². The van der Waals surface area contributed by atoms with Crippen molar-refractivity contribution in [3.8, 4) is 0 Å². The van der Waals surface area contributed by atoms with E-state index >= 15 is 0 Å². The van der Waals surface area contributed by atoms with Crippen LogP contribution in [0.15, 0.2) is 41.6 Å². The Kier molecular flexibility index (Phi) is 4.73. The molecule has 0 saturated carbocycles. The molecular formula is C16H21N3O4S. The Morgan fingerprint density at radius 3 is 2.96 bits per heavy atom. The molecule has 0 unspecified atom stereocenters. The third-order valence-corrected chi connectivity index (χ3v) is 6.03. The van der Waals surface area contributed by atoms with Crippen LogP contribution < -0.4 is 0 Å². The standard InChI is InChI=1S/C16H21N3O4S/c1-13-3-2-4-14(7-13)8-16(12-20)11-19(5-6-23-16)24(21,22)15-9-17-18-10-15/h2-4,7,9-10,20H,5-6,8,11-12H2,1H3,(H,17,18)/t16-/m0/s1. The van der Waals surface area contributed by atoms with Gasteiger partial charge in [0.25, 0.3) is 0 Å². The van der Waals surface area contributed by atoms with Crippen LogP contribution in [0.2, 0.25) is 0 Å². The van der Waals surface area contributed by atoms with Gasteiger partial charge in [0.05, 0.1) is 19.4 Å². The van der Waals surface area contributed by atoms with E-state index in [4.69, 9.17) is 4.74 Å². The number of nitrogens with zero attached hydrogens (tertiary/aromatic N) is 2. The molecule has 8 heteroatoms. The van der Waals surface area contributed by atoms with E-state index in [0.29, 0.717) is 6.42 Å². The van der Waals surface area contributed by atoms with Gasteiger partial charge in [-0.25, -0.2) is 8.42 Å². The maximum Gasteiger partial charge on any atom is 0.246 e. The summed E-state index contributed by atoms with van der Waals surface area (Å²) in [6.45, 7) is 2.34. The van der Waals surface area contributed by atoms with Crippen molar-refractivity contribution >= 4 is 10.0 Å². The second-order valence-electron chi connectivity index (χ2n) is 6.13. The van der Waals surface area contributed by atoms with Crippen LogP contribution in [0.4, 0.5) is 0 Å². The summed E-state index contributed by atoms with van der Waals surface area (Å²) in [5.74, 6) is 0. The fourth-order valence-electron chi connectivity index (χ4n) is 3.00. The zero-order valence-corrected chi connectivity index (χ0v) is 14.3. The van der Waals surface area contributed by atoms with Crippen LogP contribution in [0, 0.1) is 6.92 Å². The highest BCUT2D eigenvalue weighted by Gasteiger charge is 2.41. The minimum Gasteiger partial charge on any atom is -0.393 e. The first-order valence-electron chi connectivity index (χ1n) is 7.74. The van der Waals surface area contributed by atoms with Gasteiger partial charge in [0.2, 0.25) is 10.0 Å². The minimum absolute atomic E-state index is 0.102. The van der Waals surface area contributed by atoms with E-state index in [9.17, 15) is 13.5 Å². The molecule has 7 nitrogen and oxygen atoms in total. The quantitative estimate of drug-likeness (QED) is 0.827. The number of benzene rings is 1. The number of hydrogen-bond donors (Lipinski definition) is 2. The predicted octanol–water partition coefficient (Wildman–Crippen LogP) is 0.713. The van der Waals surface area contributed by atoms with Gasteiger partial charge in [0.1, 0.15) is 10.5 Å². The Balaban J connectivity index is 1.84. The van der Waals surface area contributed by atoms with Gasteiger partial charge >= 0.3 is 0 Å². The lowest BCUT2D eigenvalue weighted by molar-refractivity contribution is -0.115. The monoisotopic (exact) mass is 351 g/mol. The van der Waals surface area contributed by atoms with Crippen molar-refractivity contribution in [2.45, 2.75) is 23.8 Å². The molecule has 1 aromatic heterocycles. The molecule has 3 rings (SSSR count). The molecule has 0 spiro atoms. The van der Waals surface area contributed by atoms with Crippen LogP contribution in [0.5, 0.6) is 0 Å². The van der Waals surface area contributed by atoms with Gasteiger partial charge in [0, 0.05) is 25.7 Å². The fraction of sp³-hybridized carbons (Fsp3) is 0.438. The summed E-state index contributed by atoms with van der Waals surface area (Å²) in [6.07, 6.45) is 3.08. The molecule has 24 heavy (non-hydrogen) atoms. The first-order valence-corrected chi connectivity index (χ1v) is 9.18. The smallest absolute Gasteiger partial charge is 0.246 e. The van der Waals surface area contributed by atoms with Crippen molar-refractivity contribution in [3.63, 3.8) is 0 Å². The van der Waals surface area contributed by atoms with E-state index in [0.717, 1.165) is 11.1 Å². The van der Waals surface area contributed by atoms with Crippen LogP contribution in [0.25, 0.3) is 0 Å². The highest BCUT2D eigenvalue weighted by molar-refractivity contribution is 7.89. The second kappa shape index (κ2) is 6.64. The number of nitrogens with one attached hydrogen (secondary N) is 1. The minimum atomic E-state index is -3.65. The van der Waals surface area contributed by atoms with E-state index in [1.54, 1.807) is 0 Å². The van der Waals surface area contributed by atoms with Crippen molar-refractivity contribution in [2.75, 3.05) is 26.3 Å². The molecule has 1 fully saturated rings. The van der Waals surface area contributed by atoms with Gasteiger partial charge < -0.3 is 9.84 Å². The van der Waals surface area contributed by atoms with Gasteiger partial charge in [-0.3, -0.25) is 5.10 Å². The first kappa shape index (κ1) is 17.1. The molecule has 1 aliphatic heterocycles. The van der Waals surface area contributed by atoms with Crippen LogP contribution in [-0.2, 0) is 21.2 Å². The fourth-order valence-corrected chi connectivity index (χ4v) is 4.40. The number of sulfonamides is 1. The molecule has 1 atom stereocenters.